The monoisotopic (exact) mass is 489 g/mol. The highest BCUT2D eigenvalue weighted by molar-refractivity contribution is 9.09. The van der Waals surface area contributed by atoms with Gasteiger partial charge in [0.05, 0.1) is 0 Å². The second kappa shape index (κ2) is 9.78. The van der Waals surface area contributed by atoms with Crippen molar-refractivity contribution in [1.29, 1.82) is 0 Å². The van der Waals surface area contributed by atoms with Crippen LogP contribution in [-0.2, 0) is 19.6 Å². The molecule has 0 atom stereocenters. The number of alkyl halides is 3. The maximum atomic E-state index is 12.3. The van der Waals surface area contributed by atoms with Gasteiger partial charge in [-0.3, -0.25) is 0 Å². The van der Waals surface area contributed by atoms with Crippen LogP contribution < -0.4 is 17.1 Å². The SMILES string of the molecule is O=c1n(CCCBr)c(=O)n(CCCBr)c(=O)n1CCCBr. The Morgan fingerprint density at radius 3 is 1.00 bits per heavy atom. The molecule has 0 aliphatic rings. The molecule has 0 aliphatic carbocycles. The second-order valence-corrected chi connectivity index (χ2v) is 6.81. The predicted octanol–water partition coefficient (Wildman–Crippen LogP) is 1.53. The lowest BCUT2D eigenvalue weighted by Crippen LogP contribution is -2.54. The van der Waals surface area contributed by atoms with E-state index >= 15 is 0 Å². The summed E-state index contributed by atoms with van der Waals surface area (Å²) in [6.45, 7) is 0.934. The molecule has 0 N–H and O–H groups in total. The summed E-state index contributed by atoms with van der Waals surface area (Å²) in [6.07, 6.45) is 1.97. The first-order valence-corrected chi connectivity index (χ1v) is 10.1. The normalized spacial score (nSPS) is 11.0. The molecule has 0 aromatic carbocycles. The third-order valence-corrected chi connectivity index (χ3v) is 4.61. The van der Waals surface area contributed by atoms with Gasteiger partial charge in [0.25, 0.3) is 0 Å². The van der Waals surface area contributed by atoms with Crippen molar-refractivity contribution in [3.8, 4) is 0 Å². The third-order valence-electron chi connectivity index (χ3n) is 2.93. The zero-order valence-electron chi connectivity index (χ0n) is 11.6. The molecule has 9 heteroatoms. The van der Waals surface area contributed by atoms with Crippen molar-refractivity contribution in [1.82, 2.24) is 13.7 Å². The van der Waals surface area contributed by atoms with Crippen LogP contribution in [0.4, 0.5) is 0 Å². The standard InChI is InChI=1S/C12H18Br3N3O3/c13-4-1-7-16-10(19)17(8-2-5-14)12(21)18(11(16)20)9-3-6-15/h1-9H2. The Balaban J connectivity index is 3.39. The molecule has 1 rings (SSSR count). The number of aromatic nitrogens is 3. The molecule has 0 amide bonds. The highest BCUT2D eigenvalue weighted by Gasteiger charge is 2.14. The van der Waals surface area contributed by atoms with Gasteiger partial charge in [0.1, 0.15) is 0 Å². The largest absolute Gasteiger partial charge is 0.336 e. The first kappa shape index (κ1) is 18.9. The van der Waals surface area contributed by atoms with E-state index in [0.29, 0.717) is 54.9 Å². The fraction of sp³-hybridized carbons (Fsp3) is 0.750. The van der Waals surface area contributed by atoms with Crippen molar-refractivity contribution in [2.45, 2.75) is 38.9 Å². The van der Waals surface area contributed by atoms with Crippen molar-refractivity contribution < 1.29 is 0 Å². The van der Waals surface area contributed by atoms with E-state index in [1.54, 1.807) is 0 Å². The summed E-state index contributed by atoms with van der Waals surface area (Å²) in [5, 5.41) is 2.09. The minimum atomic E-state index is -0.512. The minimum Gasteiger partial charge on any atom is -0.247 e. The molecule has 0 spiro atoms. The van der Waals surface area contributed by atoms with Gasteiger partial charge in [-0.25, -0.2) is 28.1 Å². The molecule has 1 heterocycles. The number of nitrogens with zero attached hydrogens (tertiary/aromatic N) is 3. The molecule has 1 aromatic heterocycles. The zero-order chi connectivity index (χ0) is 15.8. The Bertz CT molecular complexity index is 505. The predicted molar refractivity (Wildman–Crippen MR) is 94.5 cm³/mol. The molecule has 120 valence electrons. The Labute approximate surface area is 147 Å². The Kier molecular flexibility index (Phi) is 8.80. The highest BCUT2D eigenvalue weighted by Crippen LogP contribution is 1.93. The highest BCUT2D eigenvalue weighted by atomic mass is 79.9. The number of hydrogen-bond acceptors (Lipinski definition) is 3. The quantitative estimate of drug-likeness (QED) is 0.492. The maximum Gasteiger partial charge on any atom is 0.336 e. The minimum absolute atomic E-state index is 0.311. The number of hydrogen-bond donors (Lipinski definition) is 0. The molecule has 0 radical (unpaired) electrons. The molecule has 21 heavy (non-hydrogen) atoms. The van der Waals surface area contributed by atoms with E-state index in [0.717, 1.165) is 13.7 Å². The van der Waals surface area contributed by atoms with Crippen LogP contribution >= 0.6 is 47.8 Å². The lowest BCUT2D eigenvalue weighted by Gasteiger charge is -2.13. The molecular formula is C12H18Br3N3O3. The molecular weight excluding hydrogens is 474 g/mol. The fourth-order valence-electron chi connectivity index (χ4n) is 1.91. The Morgan fingerprint density at radius 2 is 0.810 bits per heavy atom. The van der Waals surface area contributed by atoms with E-state index < -0.39 is 17.1 Å². The van der Waals surface area contributed by atoms with Gasteiger partial charge in [0.2, 0.25) is 0 Å². The molecule has 6 nitrogen and oxygen atoms in total. The van der Waals surface area contributed by atoms with Gasteiger partial charge >= 0.3 is 17.1 Å². The van der Waals surface area contributed by atoms with Crippen LogP contribution in [0.2, 0.25) is 0 Å². The van der Waals surface area contributed by atoms with E-state index in [-0.39, 0.29) is 0 Å². The Morgan fingerprint density at radius 1 is 0.571 bits per heavy atom. The smallest absolute Gasteiger partial charge is 0.247 e. The van der Waals surface area contributed by atoms with Crippen molar-refractivity contribution in [3.63, 3.8) is 0 Å². The molecule has 0 bridgehead atoms. The molecule has 0 unspecified atom stereocenters. The number of halogens is 3. The molecule has 0 fully saturated rings. The average Bonchev–Trinajstić information content (AvgIpc) is 2.47. The van der Waals surface area contributed by atoms with Crippen LogP contribution in [0.25, 0.3) is 0 Å². The van der Waals surface area contributed by atoms with Crippen LogP contribution in [0.3, 0.4) is 0 Å². The van der Waals surface area contributed by atoms with E-state index in [4.69, 9.17) is 0 Å². The Hall–Kier alpha value is -0.150. The maximum absolute atomic E-state index is 12.3. The van der Waals surface area contributed by atoms with Crippen LogP contribution in [0, 0.1) is 0 Å². The zero-order valence-corrected chi connectivity index (χ0v) is 16.3. The van der Waals surface area contributed by atoms with Crippen molar-refractivity contribution in [3.05, 3.63) is 31.5 Å². The van der Waals surface area contributed by atoms with Crippen molar-refractivity contribution >= 4 is 47.8 Å². The third kappa shape index (κ3) is 4.92. The van der Waals surface area contributed by atoms with Gasteiger partial charge in [-0.05, 0) is 19.3 Å². The topological polar surface area (TPSA) is 66.0 Å². The first-order valence-electron chi connectivity index (χ1n) is 6.70. The lowest BCUT2D eigenvalue weighted by molar-refractivity contribution is 0.440. The van der Waals surface area contributed by atoms with Crippen LogP contribution in [0.15, 0.2) is 14.4 Å². The van der Waals surface area contributed by atoms with Crippen LogP contribution in [-0.4, -0.2) is 29.7 Å². The van der Waals surface area contributed by atoms with Crippen molar-refractivity contribution in [2.24, 2.45) is 0 Å². The van der Waals surface area contributed by atoms with Gasteiger partial charge in [-0.15, -0.1) is 0 Å². The summed E-state index contributed by atoms with van der Waals surface area (Å²) in [6, 6.07) is 0. The van der Waals surface area contributed by atoms with E-state index in [9.17, 15) is 14.4 Å². The first-order chi connectivity index (χ1) is 10.1. The van der Waals surface area contributed by atoms with Crippen LogP contribution in [0.5, 0.6) is 0 Å². The summed E-state index contributed by atoms with van der Waals surface area (Å²) >= 11 is 9.86. The van der Waals surface area contributed by atoms with Crippen LogP contribution in [0.1, 0.15) is 19.3 Å². The van der Waals surface area contributed by atoms with Gasteiger partial charge in [0.15, 0.2) is 0 Å². The van der Waals surface area contributed by atoms with Crippen molar-refractivity contribution in [2.75, 3.05) is 16.0 Å². The molecule has 0 aliphatic heterocycles. The molecule has 1 aromatic rings. The second-order valence-electron chi connectivity index (χ2n) is 4.43. The average molecular weight is 492 g/mol. The van der Waals surface area contributed by atoms with E-state index in [1.807, 2.05) is 0 Å². The lowest BCUT2D eigenvalue weighted by atomic mass is 10.4. The molecule has 0 saturated carbocycles. The summed E-state index contributed by atoms with van der Waals surface area (Å²) < 4.78 is 3.47. The summed E-state index contributed by atoms with van der Waals surface area (Å²) in [4.78, 5) is 37.0. The number of rotatable bonds is 9. The van der Waals surface area contributed by atoms with E-state index in [2.05, 4.69) is 47.8 Å². The van der Waals surface area contributed by atoms with Gasteiger partial charge in [0, 0.05) is 35.6 Å². The summed E-state index contributed by atoms with van der Waals surface area (Å²) in [5.74, 6) is 0. The fourth-order valence-corrected chi connectivity index (χ4v) is 2.66. The van der Waals surface area contributed by atoms with Gasteiger partial charge < -0.3 is 0 Å². The van der Waals surface area contributed by atoms with E-state index in [1.165, 1.54) is 0 Å². The summed E-state index contributed by atoms with van der Waals surface area (Å²) in [5.41, 5.74) is -1.54. The summed E-state index contributed by atoms with van der Waals surface area (Å²) in [7, 11) is 0. The van der Waals surface area contributed by atoms with Gasteiger partial charge in [-0.1, -0.05) is 47.8 Å². The molecule has 0 saturated heterocycles. The van der Waals surface area contributed by atoms with Gasteiger partial charge in [-0.2, -0.15) is 0 Å².